The van der Waals surface area contributed by atoms with Gasteiger partial charge in [0.15, 0.2) is 0 Å². The van der Waals surface area contributed by atoms with E-state index in [-0.39, 0.29) is 17.9 Å². The molecule has 4 heteroatoms. The maximum absolute atomic E-state index is 12.0. The summed E-state index contributed by atoms with van der Waals surface area (Å²) in [6.45, 7) is 7.13. The molecule has 1 N–H and O–H groups in total. The molecule has 0 bridgehead atoms. The van der Waals surface area contributed by atoms with E-state index in [1.807, 2.05) is 18.2 Å². The molecule has 0 aromatic heterocycles. The third-order valence-electron chi connectivity index (χ3n) is 3.75. The summed E-state index contributed by atoms with van der Waals surface area (Å²) in [5, 5.41) is 3.33. The van der Waals surface area contributed by atoms with Gasteiger partial charge >= 0.3 is 6.18 Å². The lowest BCUT2D eigenvalue weighted by Gasteiger charge is -2.29. The maximum Gasteiger partial charge on any atom is 0.389 e. The number of benzene rings is 1. The van der Waals surface area contributed by atoms with Gasteiger partial charge in [-0.15, -0.1) is 0 Å². The molecule has 0 spiro atoms. The van der Waals surface area contributed by atoms with Gasteiger partial charge in [-0.3, -0.25) is 0 Å². The average molecular weight is 301 g/mol. The molecule has 0 fully saturated rings. The highest BCUT2D eigenvalue weighted by atomic mass is 19.4. The van der Waals surface area contributed by atoms with Gasteiger partial charge in [-0.1, -0.05) is 44.2 Å². The van der Waals surface area contributed by atoms with Crippen molar-refractivity contribution in [2.45, 2.75) is 64.1 Å². The molecule has 120 valence electrons. The van der Waals surface area contributed by atoms with Crippen molar-refractivity contribution in [2.24, 2.45) is 0 Å². The highest BCUT2D eigenvalue weighted by molar-refractivity contribution is 5.23. The van der Waals surface area contributed by atoms with Crippen LogP contribution in [0.1, 0.15) is 52.0 Å². The van der Waals surface area contributed by atoms with Gasteiger partial charge in [0.25, 0.3) is 0 Å². The van der Waals surface area contributed by atoms with Crippen molar-refractivity contribution < 1.29 is 13.2 Å². The largest absolute Gasteiger partial charge is 0.389 e. The first-order valence-electron chi connectivity index (χ1n) is 7.56. The zero-order chi connectivity index (χ0) is 15.9. The first kappa shape index (κ1) is 18.0. The lowest BCUT2D eigenvalue weighted by molar-refractivity contribution is -0.135. The van der Waals surface area contributed by atoms with Gasteiger partial charge in [0, 0.05) is 12.5 Å². The van der Waals surface area contributed by atoms with Crippen LogP contribution >= 0.6 is 0 Å². The van der Waals surface area contributed by atoms with Gasteiger partial charge in [-0.25, -0.2) is 0 Å². The van der Waals surface area contributed by atoms with Crippen molar-refractivity contribution in [3.05, 3.63) is 35.9 Å². The second-order valence-corrected chi connectivity index (χ2v) is 6.38. The van der Waals surface area contributed by atoms with E-state index in [0.717, 1.165) is 6.42 Å². The molecule has 0 saturated heterocycles. The molecule has 0 heterocycles. The Balaban J connectivity index is 2.29. The predicted molar refractivity (Wildman–Crippen MR) is 81.5 cm³/mol. The van der Waals surface area contributed by atoms with Crippen LogP contribution in [-0.4, -0.2) is 18.8 Å². The Hall–Kier alpha value is -1.03. The van der Waals surface area contributed by atoms with Gasteiger partial charge in [0.2, 0.25) is 0 Å². The maximum atomic E-state index is 12.0. The Labute approximate surface area is 125 Å². The Morgan fingerprint density at radius 1 is 1.05 bits per heavy atom. The molecule has 0 amide bonds. The smallest absolute Gasteiger partial charge is 0.314 e. The summed E-state index contributed by atoms with van der Waals surface area (Å²) in [6.07, 6.45) is -2.99. The molecule has 21 heavy (non-hydrogen) atoms. The highest BCUT2D eigenvalue weighted by Crippen LogP contribution is 2.28. The van der Waals surface area contributed by atoms with Crippen LogP contribution in [0.3, 0.4) is 0 Å². The van der Waals surface area contributed by atoms with E-state index < -0.39 is 12.6 Å². The van der Waals surface area contributed by atoms with Crippen molar-refractivity contribution in [3.8, 4) is 0 Å². The summed E-state index contributed by atoms with van der Waals surface area (Å²) < 4.78 is 36.1. The van der Waals surface area contributed by atoms with Crippen molar-refractivity contribution in [1.29, 1.82) is 0 Å². The summed E-state index contributed by atoms with van der Waals surface area (Å²) in [6, 6.07) is 10.6. The lowest BCUT2D eigenvalue weighted by atomic mass is 9.79. The van der Waals surface area contributed by atoms with Crippen molar-refractivity contribution in [3.63, 3.8) is 0 Å². The van der Waals surface area contributed by atoms with E-state index in [2.05, 4.69) is 38.2 Å². The molecule has 1 rings (SSSR count). The molecule has 0 aliphatic heterocycles. The first-order valence-corrected chi connectivity index (χ1v) is 7.56. The minimum absolute atomic E-state index is 0.0552. The van der Waals surface area contributed by atoms with Gasteiger partial charge < -0.3 is 5.32 Å². The first-order chi connectivity index (χ1) is 9.71. The molecule has 1 nitrogen and oxygen atoms in total. The molecular weight excluding hydrogens is 275 g/mol. The zero-order valence-electron chi connectivity index (χ0n) is 13.1. The normalized spacial score (nSPS) is 14.2. The van der Waals surface area contributed by atoms with Crippen LogP contribution in [0.2, 0.25) is 0 Å². The summed E-state index contributed by atoms with van der Waals surface area (Å²) in [5.41, 5.74) is 1.34. The quantitative estimate of drug-likeness (QED) is 0.661. The number of unbranched alkanes of at least 4 members (excludes halogenated alkanes) is 1. The molecule has 0 radical (unpaired) electrons. The topological polar surface area (TPSA) is 12.0 Å². The van der Waals surface area contributed by atoms with Crippen molar-refractivity contribution >= 4 is 0 Å². The molecule has 1 aromatic rings. The SMILES string of the molecule is CC(CC(C)(C)c1ccccc1)NCCCCC(F)(F)F. The molecule has 1 unspecified atom stereocenters. The van der Waals surface area contributed by atoms with E-state index in [9.17, 15) is 13.2 Å². The summed E-state index contributed by atoms with van der Waals surface area (Å²) in [5.74, 6) is 0. The molecule has 0 aliphatic rings. The fourth-order valence-electron chi connectivity index (χ4n) is 2.64. The van der Waals surface area contributed by atoms with Crippen LogP contribution in [0.5, 0.6) is 0 Å². The Morgan fingerprint density at radius 3 is 2.24 bits per heavy atom. The summed E-state index contributed by atoms with van der Waals surface area (Å²) in [7, 11) is 0. The third kappa shape index (κ3) is 7.51. The highest BCUT2D eigenvalue weighted by Gasteiger charge is 2.26. The summed E-state index contributed by atoms with van der Waals surface area (Å²) in [4.78, 5) is 0. The minimum atomic E-state index is -4.03. The number of alkyl halides is 3. The number of rotatable bonds is 8. The number of halogens is 3. The van der Waals surface area contributed by atoms with Gasteiger partial charge in [-0.2, -0.15) is 13.2 Å². The van der Waals surface area contributed by atoms with E-state index >= 15 is 0 Å². The number of hydrogen-bond donors (Lipinski definition) is 1. The van der Waals surface area contributed by atoms with E-state index in [0.29, 0.717) is 13.0 Å². The molecule has 1 aromatic carbocycles. The molecule has 0 aliphatic carbocycles. The van der Waals surface area contributed by atoms with Gasteiger partial charge in [-0.05, 0) is 43.7 Å². The second kappa shape index (κ2) is 7.83. The Morgan fingerprint density at radius 2 is 1.67 bits per heavy atom. The van der Waals surface area contributed by atoms with Crippen LogP contribution in [-0.2, 0) is 5.41 Å². The van der Waals surface area contributed by atoms with E-state index in [1.165, 1.54) is 5.56 Å². The van der Waals surface area contributed by atoms with Crippen molar-refractivity contribution in [2.75, 3.05) is 6.54 Å². The fourth-order valence-corrected chi connectivity index (χ4v) is 2.64. The Kier molecular flexibility index (Phi) is 6.72. The average Bonchev–Trinajstić information content (AvgIpc) is 2.37. The lowest BCUT2D eigenvalue weighted by Crippen LogP contribution is -2.33. The van der Waals surface area contributed by atoms with Crippen molar-refractivity contribution in [1.82, 2.24) is 5.32 Å². The number of hydrogen-bond acceptors (Lipinski definition) is 1. The van der Waals surface area contributed by atoms with Crippen LogP contribution in [0.25, 0.3) is 0 Å². The molecule has 1 atom stereocenters. The van der Waals surface area contributed by atoms with Crippen LogP contribution < -0.4 is 5.32 Å². The second-order valence-electron chi connectivity index (χ2n) is 6.38. The van der Waals surface area contributed by atoms with Crippen LogP contribution in [0.15, 0.2) is 30.3 Å². The molecular formula is C17H26F3N. The third-order valence-corrected chi connectivity index (χ3v) is 3.75. The fraction of sp³-hybridized carbons (Fsp3) is 0.647. The standard InChI is InChI=1S/C17H26F3N/c1-14(21-12-8-7-11-17(18,19)20)13-16(2,3)15-9-5-4-6-10-15/h4-6,9-10,14,21H,7-8,11-13H2,1-3H3. The van der Waals surface area contributed by atoms with Crippen LogP contribution in [0, 0.1) is 0 Å². The predicted octanol–water partition coefficient (Wildman–Crippen LogP) is 5.07. The number of nitrogens with one attached hydrogen (secondary N) is 1. The zero-order valence-corrected chi connectivity index (χ0v) is 13.1. The Bertz CT molecular complexity index is 398. The van der Waals surface area contributed by atoms with Gasteiger partial charge in [0.1, 0.15) is 0 Å². The molecule has 0 saturated carbocycles. The monoisotopic (exact) mass is 301 g/mol. The van der Waals surface area contributed by atoms with E-state index in [1.54, 1.807) is 0 Å². The summed E-state index contributed by atoms with van der Waals surface area (Å²) >= 11 is 0. The minimum Gasteiger partial charge on any atom is -0.314 e. The van der Waals surface area contributed by atoms with Crippen LogP contribution in [0.4, 0.5) is 13.2 Å². The van der Waals surface area contributed by atoms with E-state index in [4.69, 9.17) is 0 Å². The van der Waals surface area contributed by atoms with Gasteiger partial charge in [0.05, 0.1) is 0 Å².